The van der Waals surface area contributed by atoms with Crippen LogP contribution in [0.25, 0.3) is 21.7 Å². The summed E-state index contributed by atoms with van der Waals surface area (Å²) in [6.07, 6.45) is 1.99. The largest absolute Gasteiger partial charge is 0.490 e. The van der Waals surface area contributed by atoms with E-state index in [9.17, 15) is 0 Å². The van der Waals surface area contributed by atoms with E-state index in [1.54, 1.807) is 0 Å². The molecular weight excluding hydrogens is 222 g/mol. The molecule has 18 heavy (non-hydrogen) atoms. The fourth-order valence-corrected chi connectivity index (χ4v) is 2.23. The first kappa shape index (κ1) is 11.0. The van der Waals surface area contributed by atoms with Gasteiger partial charge in [0, 0.05) is 11.6 Å². The van der Waals surface area contributed by atoms with Gasteiger partial charge in [0.1, 0.15) is 5.75 Å². The monoisotopic (exact) mass is 237 g/mol. The molecular formula is C16H15NO. The summed E-state index contributed by atoms with van der Waals surface area (Å²) in [5.41, 5.74) is 1.01. The summed E-state index contributed by atoms with van der Waals surface area (Å²) < 4.78 is 5.90. The van der Waals surface area contributed by atoms with E-state index >= 15 is 0 Å². The first-order valence-electron chi connectivity index (χ1n) is 6.19. The van der Waals surface area contributed by atoms with Gasteiger partial charge in [-0.25, -0.2) is 0 Å². The maximum atomic E-state index is 5.90. The average Bonchev–Trinajstić information content (AvgIpc) is 2.38. The number of rotatable bonds is 2. The van der Waals surface area contributed by atoms with Gasteiger partial charge in [-0.2, -0.15) is 0 Å². The highest BCUT2D eigenvalue weighted by Gasteiger charge is 2.08. The Morgan fingerprint density at radius 3 is 2.56 bits per heavy atom. The molecule has 0 spiro atoms. The molecule has 0 amide bonds. The van der Waals surface area contributed by atoms with Crippen molar-refractivity contribution in [2.45, 2.75) is 20.0 Å². The van der Waals surface area contributed by atoms with Gasteiger partial charge in [0.25, 0.3) is 0 Å². The maximum Gasteiger partial charge on any atom is 0.129 e. The van der Waals surface area contributed by atoms with E-state index in [1.807, 2.05) is 38.2 Å². The van der Waals surface area contributed by atoms with Crippen LogP contribution in [0, 0.1) is 0 Å². The molecule has 3 rings (SSSR count). The predicted molar refractivity (Wildman–Crippen MR) is 75.0 cm³/mol. The Morgan fingerprint density at radius 2 is 1.72 bits per heavy atom. The summed E-state index contributed by atoms with van der Waals surface area (Å²) >= 11 is 0. The van der Waals surface area contributed by atoms with Crippen LogP contribution in [0.2, 0.25) is 0 Å². The number of aromatic nitrogens is 1. The first-order valence-corrected chi connectivity index (χ1v) is 6.19. The lowest BCUT2D eigenvalue weighted by molar-refractivity contribution is 0.245. The lowest BCUT2D eigenvalue weighted by atomic mass is 10.1. The van der Waals surface area contributed by atoms with Crippen LogP contribution in [0.15, 0.2) is 48.7 Å². The van der Waals surface area contributed by atoms with Crippen molar-refractivity contribution in [2.75, 3.05) is 0 Å². The maximum absolute atomic E-state index is 5.90. The Kier molecular flexibility index (Phi) is 2.63. The molecule has 2 heteroatoms. The van der Waals surface area contributed by atoms with Crippen molar-refractivity contribution >= 4 is 21.7 Å². The van der Waals surface area contributed by atoms with Crippen LogP contribution in [0.3, 0.4) is 0 Å². The van der Waals surface area contributed by atoms with E-state index in [-0.39, 0.29) is 6.10 Å². The van der Waals surface area contributed by atoms with E-state index in [4.69, 9.17) is 4.74 Å². The summed E-state index contributed by atoms with van der Waals surface area (Å²) in [5.74, 6) is 0.909. The fraction of sp³-hybridized carbons (Fsp3) is 0.188. The van der Waals surface area contributed by atoms with Crippen LogP contribution in [-0.4, -0.2) is 11.1 Å². The molecule has 2 nitrogen and oxygen atoms in total. The summed E-state index contributed by atoms with van der Waals surface area (Å²) in [5, 5.41) is 3.41. The zero-order valence-corrected chi connectivity index (χ0v) is 10.6. The van der Waals surface area contributed by atoms with Crippen molar-refractivity contribution < 1.29 is 4.74 Å². The van der Waals surface area contributed by atoms with Gasteiger partial charge in [-0.15, -0.1) is 0 Å². The Hall–Kier alpha value is -2.09. The summed E-state index contributed by atoms with van der Waals surface area (Å²) in [7, 11) is 0. The van der Waals surface area contributed by atoms with Gasteiger partial charge in [-0.05, 0) is 31.4 Å². The summed E-state index contributed by atoms with van der Waals surface area (Å²) in [4.78, 5) is 4.50. The second-order valence-electron chi connectivity index (χ2n) is 4.66. The third-order valence-corrected chi connectivity index (χ3v) is 2.94. The molecule has 3 aromatic rings. The minimum absolute atomic E-state index is 0.162. The number of fused-ring (bicyclic) bond motifs is 3. The van der Waals surface area contributed by atoms with E-state index in [0.717, 1.165) is 22.0 Å². The Labute approximate surface area is 106 Å². The van der Waals surface area contributed by atoms with Gasteiger partial charge in [0.2, 0.25) is 0 Å². The van der Waals surface area contributed by atoms with Crippen molar-refractivity contribution in [3.05, 3.63) is 48.7 Å². The number of pyridine rings is 1. The van der Waals surface area contributed by atoms with Crippen molar-refractivity contribution in [1.82, 2.24) is 4.98 Å². The van der Waals surface area contributed by atoms with E-state index in [2.05, 4.69) is 29.2 Å². The first-order chi connectivity index (χ1) is 8.75. The molecule has 0 aliphatic heterocycles. The topological polar surface area (TPSA) is 22.1 Å². The molecule has 0 saturated heterocycles. The van der Waals surface area contributed by atoms with Crippen molar-refractivity contribution in [3.63, 3.8) is 0 Å². The summed E-state index contributed by atoms with van der Waals surface area (Å²) in [6, 6.07) is 14.4. The van der Waals surface area contributed by atoms with Gasteiger partial charge in [0.15, 0.2) is 0 Å². The Morgan fingerprint density at radius 1 is 0.944 bits per heavy atom. The highest BCUT2D eigenvalue weighted by molar-refractivity contribution is 6.08. The SMILES string of the molecule is CC(C)Oc1cccc2ccc3cccnc3c12. The van der Waals surface area contributed by atoms with Gasteiger partial charge in [0.05, 0.1) is 17.0 Å². The molecule has 0 saturated carbocycles. The van der Waals surface area contributed by atoms with Crippen molar-refractivity contribution in [3.8, 4) is 5.75 Å². The quantitative estimate of drug-likeness (QED) is 0.624. The zero-order chi connectivity index (χ0) is 12.5. The third-order valence-electron chi connectivity index (χ3n) is 2.94. The number of hydrogen-bond acceptors (Lipinski definition) is 2. The second kappa shape index (κ2) is 4.30. The standard InChI is InChI=1S/C16H15NO/c1-11(2)18-14-7-3-5-12-8-9-13-6-4-10-17-16(13)15(12)14/h3-11H,1-2H3. The van der Waals surface area contributed by atoms with Gasteiger partial charge in [-0.3, -0.25) is 4.98 Å². The predicted octanol–water partition coefficient (Wildman–Crippen LogP) is 4.18. The lowest BCUT2D eigenvalue weighted by Crippen LogP contribution is -2.05. The lowest BCUT2D eigenvalue weighted by Gasteiger charge is -2.13. The third kappa shape index (κ3) is 1.80. The molecule has 1 aromatic heterocycles. The van der Waals surface area contributed by atoms with E-state index in [0.29, 0.717) is 0 Å². The minimum atomic E-state index is 0.162. The van der Waals surface area contributed by atoms with Crippen LogP contribution in [0.4, 0.5) is 0 Å². The molecule has 0 N–H and O–H groups in total. The van der Waals surface area contributed by atoms with Gasteiger partial charge < -0.3 is 4.74 Å². The highest BCUT2D eigenvalue weighted by atomic mass is 16.5. The molecule has 2 aromatic carbocycles. The molecule has 0 aliphatic carbocycles. The van der Waals surface area contributed by atoms with Crippen LogP contribution in [0.5, 0.6) is 5.75 Å². The molecule has 0 unspecified atom stereocenters. The van der Waals surface area contributed by atoms with Crippen LogP contribution >= 0.6 is 0 Å². The molecule has 90 valence electrons. The second-order valence-corrected chi connectivity index (χ2v) is 4.66. The Bertz CT molecular complexity index is 704. The van der Waals surface area contributed by atoms with Gasteiger partial charge >= 0.3 is 0 Å². The molecule has 0 radical (unpaired) electrons. The number of benzene rings is 2. The molecule has 0 fully saturated rings. The number of ether oxygens (including phenoxy) is 1. The van der Waals surface area contributed by atoms with E-state index in [1.165, 1.54) is 5.39 Å². The average molecular weight is 237 g/mol. The van der Waals surface area contributed by atoms with Crippen LogP contribution in [0.1, 0.15) is 13.8 Å². The summed E-state index contributed by atoms with van der Waals surface area (Å²) in [6.45, 7) is 4.08. The smallest absolute Gasteiger partial charge is 0.129 e. The fourth-order valence-electron chi connectivity index (χ4n) is 2.23. The molecule has 0 atom stereocenters. The normalized spacial score (nSPS) is 11.3. The molecule has 0 bridgehead atoms. The molecule has 0 aliphatic rings. The van der Waals surface area contributed by atoms with Crippen molar-refractivity contribution in [1.29, 1.82) is 0 Å². The van der Waals surface area contributed by atoms with E-state index < -0.39 is 0 Å². The number of hydrogen-bond donors (Lipinski definition) is 0. The van der Waals surface area contributed by atoms with Crippen LogP contribution < -0.4 is 4.74 Å². The molecule has 1 heterocycles. The number of nitrogens with zero attached hydrogens (tertiary/aromatic N) is 1. The van der Waals surface area contributed by atoms with Crippen molar-refractivity contribution in [2.24, 2.45) is 0 Å². The Balaban J connectivity index is 2.39. The zero-order valence-electron chi connectivity index (χ0n) is 10.6. The highest BCUT2D eigenvalue weighted by Crippen LogP contribution is 2.32. The minimum Gasteiger partial charge on any atom is -0.490 e. The van der Waals surface area contributed by atoms with Crippen LogP contribution in [-0.2, 0) is 0 Å². The van der Waals surface area contributed by atoms with Gasteiger partial charge in [-0.1, -0.05) is 30.3 Å².